The fraction of sp³-hybridized carbons (Fsp3) is 0.444. The fourth-order valence-electron chi connectivity index (χ4n) is 4.68. The molecule has 9 N–H and O–H groups in total. The maximum absolute atomic E-state index is 11.5. The summed E-state index contributed by atoms with van der Waals surface area (Å²) < 4.78 is 28.7. The van der Waals surface area contributed by atoms with Crippen molar-refractivity contribution >= 4 is 11.9 Å². The van der Waals surface area contributed by atoms with Gasteiger partial charge in [-0.15, -0.1) is 0 Å². The lowest BCUT2D eigenvalue weighted by Gasteiger charge is -2.40. The molecule has 3 heterocycles. The van der Waals surface area contributed by atoms with E-state index in [-0.39, 0.29) is 23.0 Å². The van der Waals surface area contributed by atoms with E-state index in [4.69, 9.17) is 28.8 Å². The molecule has 3 aliphatic heterocycles. The van der Waals surface area contributed by atoms with Crippen molar-refractivity contribution in [2.24, 2.45) is 0 Å². The zero-order valence-electron chi connectivity index (χ0n) is 21.4. The van der Waals surface area contributed by atoms with Crippen LogP contribution in [0.15, 0.2) is 53.8 Å². The summed E-state index contributed by atoms with van der Waals surface area (Å²) in [5.74, 6) is 0.299. The summed E-state index contributed by atoms with van der Waals surface area (Å²) in [6.07, 6.45) is -6.21. The Hall–Kier alpha value is -3.15. The van der Waals surface area contributed by atoms with Crippen molar-refractivity contribution in [3.05, 3.63) is 59.4 Å². The smallest absolute Gasteiger partial charge is 0.229 e. The first kappa shape index (κ1) is 29.3. The first-order chi connectivity index (χ1) is 19.6. The van der Waals surface area contributed by atoms with E-state index < -0.39 is 74.6 Å². The molecule has 4 aliphatic rings. The maximum Gasteiger partial charge on any atom is 0.229 e. The molecule has 14 nitrogen and oxygen atoms in total. The highest BCUT2D eigenvalue weighted by molar-refractivity contribution is 6.01. The van der Waals surface area contributed by atoms with Crippen LogP contribution in [-0.2, 0) is 14.3 Å². The highest BCUT2D eigenvalue weighted by Crippen LogP contribution is 2.42. The lowest BCUT2D eigenvalue weighted by molar-refractivity contribution is -0.278. The predicted octanol–water partition coefficient (Wildman–Crippen LogP) is -2.87. The Morgan fingerprint density at radius 1 is 0.732 bits per heavy atom. The van der Waals surface area contributed by atoms with Crippen molar-refractivity contribution < 1.29 is 69.3 Å². The van der Waals surface area contributed by atoms with Crippen molar-refractivity contribution in [2.75, 3.05) is 13.2 Å². The van der Waals surface area contributed by atoms with E-state index in [2.05, 4.69) is 0 Å². The van der Waals surface area contributed by atoms with Gasteiger partial charge >= 0.3 is 0 Å². The van der Waals surface area contributed by atoms with Gasteiger partial charge in [-0.05, 0) is 36.5 Å². The highest BCUT2D eigenvalue weighted by Gasteiger charge is 2.47. The van der Waals surface area contributed by atoms with Gasteiger partial charge in [0.1, 0.15) is 65.7 Å². The lowest BCUT2D eigenvalue weighted by Crippen LogP contribution is -2.60. The van der Waals surface area contributed by atoms with Crippen LogP contribution < -0.4 is 14.2 Å². The van der Waals surface area contributed by atoms with E-state index in [1.165, 1.54) is 24.3 Å². The van der Waals surface area contributed by atoms with Crippen molar-refractivity contribution in [1.82, 2.24) is 0 Å². The summed E-state index contributed by atoms with van der Waals surface area (Å²) >= 11 is 0. The Labute approximate surface area is 232 Å². The molecular weight excluding hydrogens is 548 g/mol. The average Bonchev–Trinajstić information content (AvgIpc) is 2.97. The molecule has 10 atom stereocenters. The molecule has 0 unspecified atom stereocenters. The summed E-state index contributed by atoms with van der Waals surface area (Å²) in [6.45, 7) is -1.09. The van der Waals surface area contributed by atoms with E-state index in [1.807, 2.05) is 0 Å². The Kier molecular flexibility index (Phi) is 8.58. The fourth-order valence-corrected chi connectivity index (χ4v) is 4.68. The van der Waals surface area contributed by atoms with Crippen LogP contribution in [0, 0.1) is 0 Å². The Balaban J connectivity index is 1.49. The highest BCUT2D eigenvalue weighted by atomic mass is 16.7. The van der Waals surface area contributed by atoms with Gasteiger partial charge in [0.05, 0.1) is 12.2 Å². The SMILES string of the molecule is O=C1C=CC(=C2C=Cc3c(cc(O[C@@H]4O[C@H](C[OH2+])[C@@H](O)[C@H](O)[C@H]4O)cc3O[C@@H]3O[C@H](CO)[C@@H](O)[C@H](O)[C@H]3O)O2)C=C1. The zero-order chi connectivity index (χ0) is 29.4. The zero-order valence-corrected chi connectivity index (χ0v) is 21.4. The van der Waals surface area contributed by atoms with Crippen LogP contribution in [-0.4, -0.2) is 121 Å². The Bertz CT molecular complexity index is 1250. The standard InChI is InChI=1S/C27H30O14/c28-9-18-20(31)22(33)24(35)26(40-18)37-13-7-16-14(5-6-15(38-16)11-1-3-12(30)4-2-11)17(8-13)39-27-25(36)23(34)21(32)19(10-29)41-27/h1-8,18-29,31-36H,9-10H2/p+1/t18-,19-,20-,21-,22+,23+,24-,25-,26-,27-/m1/s1. The summed E-state index contributed by atoms with van der Waals surface area (Å²) in [5, 5.41) is 78.6. The van der Waals surface area contributed by atoms with E-state index >= 15 is 0 Å². The molecule has 41 heavy (non-hydrogen) atoms. The normalized spacial score (nSPS) is 36.6. The van der Waals surface area contributed by atoms with Crippen LogP contribution in [0.2, 0.25) is 0 Å². The van der Waals surface area contributed by atoms with E-state index in [0.717, 1.165) is 0 Å². The molecule has 1 aromatic carbocycles. The van der Waals surface area contributed by atoms with Gasteiger partial charge in [-0.25, -0.2) is 0 Å². The number of carbonyl (C=O) groups is 1. The number of rotatable bonds is 6. The molecule has 0 aromatic heterocycles. The van der Waals surface area contributed by atoms with E-state index in [0.29, 0.717) is 16.9 Å². The van der Waals surface area contributed by atoms with Crippen LogP contribution >= 0.6 is 0 Å². The van der Waals surface area contributed by atoms with Crippen LogP contribution in [0.25, 0.3) is 6.08 Å². The second-order valence-electron chi connectivity index (χ2n) is 9.81. The molecule has 2 fully saturated rings. The van der Waals surface area contributed by atoms with Gasteiger partial charge in [0.25, 0.3) is 0 Å². The number of hydrogen-bond donors (Lipinski definition) is 7. The van der Waals surface area contributed by atoms with Crippen LogP contribution in [0.4, 0.5) is 0 Å². The molecule has 1 aliphatic carbocycles. The van der Waals surface area contributed by atoms with E-state index in [1.54, 1.807) is 24.3 Å². The van der Waals surface area contributed by atoms with Crippen molar-refractivity contribution in [1.29, 1.82) is 0 Å². The largest absolute Gasteiger partial charge is 0.462 e. The van der Waals surface area contributed by atoms with Crippen molar-refractivity contribution in [3.63, 3.8) is 0 Å². The second-order valence-corrected chi connectivity index (χ2v) is 9.81. The first-order valence-corrected chi connectivity index (χ1v) is 12.8. The topological polar surface area (TPSA) is 228 Å². The number of benzene rings is 1. The average molecular weight is 580 g/mol. The molecule has 222 valence electrons. The first-order valence-electron chi connectivity index (χ1n) is 12.8. The Morgan fingerprint density at radius 3 is 1.98 bits per heavy atom. The monoisotopic (exact) mass is 579 g/mol. The molecule has 0 radical (unpaired) electrons. The minimum absolute atomic E-state index is 0.00467. The molecule has 0 bridgehead atoms. The molecule has 0 saturated carbocycles. The minimum atomic E-state index is -1.72. The van der Waals surface area contributed by atoms with Gasteiger partial charge < -0.3 is 64.5 Å². The maximum atomic E-state index is 11.5. The summed E-state index contributed by atoms with van der Waals surface area (Å²) in [4.78, 5) is 11.5. The third-order valence-electron chi connectivity index (χ3n) is 7.05. The molecule has 1 aromatic rings. The number of ketones is 1. The number of carbonyl (C=O) groups excluding carboxylic acids is 1. The number of aliphatic hydroxyl groups excluding tert-OH is 7. The summed E-state index contributed by atoms with van der Waals surface area (Å²) in [7, 11) is 0. The number of allylic oxidation sites excluding steroid dienone is 6. The molecule has 0 spiro atoms. The van der Waals surface area contributed by atoms with Crippen LogP contribution in [0.3, 0.4) is 0 Å². The Morgan fingerprint density at radius 2 is 1.34 bits per heavy atom. The van der Waals surface area contributed by atoms with Gasteiger partial charge in [-0.3, -0.25) is 4.79 Å². The second kappa shape index (κ2) is 12.0. The molecule has 2 saturated heterocycles. The predicted molar refractivity (Wildman–Crippen MR) is 137 cm³/mol. The number of aliphatic hydroxyl groups is 7. The van der Waals surface area contributed by atoms with Crippen molar-refractivity contribution in [2.45, 2.75) is 61.4 Å². The molecule has 0 amide bonds. The third kappa shape index (κ3) is 5.80. The van der Waals surface area contributed by atoms with Crippen LogP contribution in [0.1, 0.15) is 5.56 Å². The lowest BCUT2D eigenvalue weighted by atomic mass is 9.99. The number of ether oxygens (including phenoxy) is 5. The van der Waals surface area contributed by atoms with E-state index in [9.17, 15) is 40.5 Å². The van der Waals surface area contributed by atoms with Gasteiger partial charge in [0.15, 0.2) is 18.5 Å². The number of hydrogen-bond acceptors (Lipinski definition) is 13. The van der Waals surface area contributed by atoms with Crippen molar-refractivity contribution in [3.8, 4) is 17.2 Å². The van der Waals surface area contributed by atoms with Gasteiger partial charge in [-0.2, -0.15) is 0 Å². The number of fused-ring (bicyclic) bond motifs is 1. The van der Waals surface area contributed by atoms with Gasteiger partial charge in [0.2, 0.25) is 12.6 Å². The minimum Gasteiger partial charge on any atom is -0.462 e. The quantitative estimate of drug-likeness (QED) is 0.168. The molecule has 5 rings (SSSR count). The molecule has 14 heteroatoms. The summed E-state index contributed by atoms with van der Waals surface area (Å²) in [5.41, 5.74) is 0.916. The van der Waals surface area contributed by atoms with Gasteiger partial charge in [-0.1, -0.05) is 0 Å². The summed E-state index contributed by atoms with van der Waals surface area (Å²) in [6, 6.07) is 2.75. The van der Waals surface area contributed by atoms with Gasteiger partial charge in [0, 0.05) is 17.7 Å². The third-order valence-corrected chi connectivity index (χ3v) is 7.05. The molecular formula is C27H31O14+. The van der Waals surface area contributed by atoms with Crippen LogP contribution in [0.5, 0.6) is 17.2 Å².